The van der Waals surface area contributed by atoms with Gasteiger partial charge in [0.1, 0.15) is 0 Å². The summed E-state index contributed by atoms with van der Waals surface area (Å²) in [5.41, 5.74) is 0. The fourth-order valence-electron chi connectivity index (χ4n) is 2.14. The maximum atomic E-state index is 12.1. The molecule has 0 aliphatic carbocycles. The molecule has 1 heterocycles. The zero-order valence-corrected chi connectivity index (χ0v) is 12.2. The van der Waals surface area contributed by atoms with Crippen LogP contribution in [-0.4, -0.2) is 55.9 Å². The van der Waals surface area contributed by atoms with Crippen molar-refractivity contribution in [2.45, 2.75) is 39.2 Å². The van der Waals surface area contributed by atoms with Gasteiger partial charge >= 0.3 is 0 Å². The van der Waals surface area contributed by atoms with E-state index in [9.17, 15) is 8.42 Å². The van der Waals surface area contributed by atoms with E-state index in [1.165, 1.54) is 0 Å². The summed E-state index contributed by atoms with van der Waals surface area (Å²) in [6.45, 7) is 6.13. The lowest BCUT2D eigenvalue weighted by Crippen LogP contribution is -2.40. The molecule has 1 aliphatic rings. The van der Waals surface area contributed by atoms with Crippen LogP contribution in [0.2, 0.25) is 0 Å². The van der Waals surface area contributed by atoms with Crippen molar-refractivity contribution in [3.05, 3.63) is 0 Å². The maximum Gasteiger partial charge on any atom is 0.214 e. The van der Waals surface area contributed by atoms with E-state index in [1.54, 1.807) is 4.31 Å². The summed E-state index contributed by atoms with van der Waals surface area (Å²) in [5, 5.41) is 12.3. The van der Waals surface area contributed by atoms with Gasteiger partial charge in [0.25, 0.3) is 0 Å². The lowest BCUT2D eigenvalue weighted by atomic mass is 10.00. The summed E-state index contributed by atoms with van der Waals surface area (Å²) in [5.74, 6) is 0.496. The molecule has 0 aromatic heterocycles. The van der Waals surface area contributed by atoms with Crippen LogP contribution in [0.4, 0.5) is 0 Å². The third-order valence-corrected chi connectivity index (χ3v) is 5.31. The predicted octanol–water partition coefficient (Wildman–Crippen LogP) is 0.409. The van der Waals surface area contributed by atoms with Gasteiger partial charge < -0.3 is 10.4 Å². The van der Waals surface area contributed by atoms with Crippen LogP contribution >= 0.6 is 0 Å². The average Bonchev–Trinajstić information content (AvgIpc) is 2.34. The van der Waals surface area contributed by atoms with E-state index in [0.717, 1.165) is 19.4 Å². The summed E-state index contributed by atoms with van der Waals surface area (Å²) in [4.78, 5) is 0. The van der Waals surface area contributed by atoms with Crippen LogP contribution < -0.4 is 5.32 Å². The van der Waals surface area contributed by atoms with E-state index in [1.807, 2.05) is 13.8 Å². The van der Waals surface area contributed by atoms with E-state index in [-0.39, 0.29) is 18.3 Å². The first-order valence-corrected chi connectivity index (χ1v) is 8.38. The summed E-state index contributed by atoms with van der Waals surface area (Å²) in [6.07, 6.45) is 2.21. The lowest BCUT2D eigenvalue weighted by Gasteiger charge is -2.30. The van der Waals surface area contributed by atoms with Crippen LogP contribution in [0.5, 0.6) is 0 Å². The Morgan fingerprint density at radius 1 is 1.33 bits per heavy atom. The molecule has 1 saturated heterocycles. The number of aliphatic hydroxyl groups is 1. The van der Waals surface area contributed by atoms with Gasteiger partial charge in [0.15, 0.2) is 0 Å². The molecule has 1 aliphatic heterocycles. The zero-order chi connectivity index (χ0) is 13.6. The molecule has 0 saturated carbocycles. The Bertz CT molecular complexity index is 322. The van der Waals surface area contributed by atoms with Gasteiger partial charge in [0.05, 0.1) is 5.75 Å². The molecule has 0 amide bonds. The van der Waals surface area contributed by atoms with Crippen molar-refractivity contribution in [3.8, 4) is 0 Å². The molecule has 2 N–H and O–H groups in total. The minimum absolute atomic E-state index is 0.173. The van der Waals surface area contributed by atoms with Gasteiger partial charge in [-0.2, -0.15) is 0 Å². The van der Waals surface area contributed by atoms with Crippen LogP contribution in [0.25, 0.3) is 0 Å². The molecule has 6 heteroatoms. The third kappa shape index (κ3) is 5.22. The van der Waals surface area contributed by atoms with Crippen LogP contribution in [-0.2, 0) is 10.0 Å². The van der Waals surface area contributed by atoms with Gasteiger partial charge in [0, 0.05) is 25.7 Å². The highest BCUT2D eigenvalue weighted by molar-refractivity contribution is 7.89. The summed E-state index contributed by atoms with van der Waals surface area (Å²) in [6, 6.07) is 0.396. The summed E-state index contributed by atoms with van der Waals surface area (Å²) in [7, 11) is -3.10. The SMILES string of the molecule is CC(C)NCCCS(=O)(=O)N1CCC(CO)CC1. The normalized spacial score (nSPS) is 19.6. The van der Waals surface area contributed by atoms with Crippen LogP contribution in [0.15, 0.2) is 0 Å². The molecular weight excluding hydrogens is 252 g/mol. The van der Waals surface area contributed by atoms with Crippen LogP contribution in [0.3, 0.4) is 0 Å². The Labute approximate surface area is 111 Å². The number of rotatable bonds is 7. The molecule has 0 aromatic rings. The van der Waals surface area contributed by atoms with E-state index >= 15 is 0 Å². The van der Waals surface area contributed by atoms with E-state index in [0.29, 0.717) is 25.6 Å². The van der Waals surface area contributed by atoms with Crippen LogP contribution in [0.1, 0.15) is 33.1 Å². The number of nitrogens with one attached hydrogen (secondary N) is 1. The van der Waals surface area contributed by atoms with Gasteiger partial charge in [-0.3, -0.25) is 0 Å². The van der Waals surface area contributed by atoms with E-state index < -0.39 is 10.0 Å². The fraction of sp³-hybridized carbons (Fsp3) is 1.00. The average molecular weight is 278 g/mol. The number of sulfonamides is 1. The molecule has 18 heavy (non-hydrogen) atoms. The van der Waals surface area contributed by atoms with Gasteiger partial charge in [0.2, 0.25) is 10.0 Å². The van der Waals surface area contributed by atoms with Gasteiger partial charge in [-0.25, -0.2) is 12.7 Å². The number of hydrogen-bond donors (Lipinski definition) is 2. The van der Waals surface area contributed by atoms with Gasteiger partial charge in [-0.15, -0.1) is 0 Å². The highest BCUT2D eigenvalue weighted by Gasteiger charge is 2.27. The minimum Gasteiger partial charge on any atom is -0.396 e. The monoisotopic (exact) mass is 278 g/mol. The third-order valence-electron chi connectivity index (χ3n) is 3.36. The number of nitrogens with zero attached hydrogens (tertiary/aromatic N) is 1. The Balaban J connectivity index is 2.31. The Morgan fingerprint density at radius 3 is 2.44 bits per heavy atom. The van der Waals surface area contributed by atoms with Gasteiger partial charge in [-0.1, -0.05) is 13.8 Å². The smallest absolute Gasteiger partial charge is 0.214 e. The standard InChI is InChI=1S/C12H26N2O3S/c1-11(2)13-6-3-9-18(16,17)14-7-4-12(10-15)5-8-14/h11-13,15H,3-10H2,1-2H3. The first-order chi connectivity index (χ1) is 8.45. The first-order valence-electron chi connectivity index (χ1n) is 6.77. The second-order valence-corrected chi connectivity index (χ2v) is 7.39. The Hall–Kier alpha value is -0.170. The predicted molar refractivity (Wildman–Crippen MR) is 72.9 cm³/mol. The van der Waals surface area contributed by atoms with Gasteiger partial charge in [-0.05, 0) is 31.7 Å². The maximum absolute atomic E-state index is 12.1. The van der Waals surface area contributed by atoms with Crippen LogP contribution in [0, 0.1) is 5.92 Å². The molecule has 0 atom stereocenters. The van der Waals surface area contributed by atoms with Crippen molar-refractivity contribution < 1.29 is 13.5 Å². The number of piperidine rings is 1. The zero-order valence-electron chi connectivity index (χ0n) is 11.4. The molecule has 0 radical (unpaired) electrons. The van der Waals surface area contributed by atoms with Crippen molar-refractivity contribution in [2.75, 3.05) is 32.0 Å². The lowest BCUT2D eigenvalue weighted by molar-refractivity contribution is 0.170. The second kappa shape index (κ2) is 7.43. The quantitative estimate of drug-likeness (QED) is 0.662. The summed E-state index contributed by atoms with van der Waals surface area (Å²) >= 11 is 0. The minimum atomic E-state index is -3.10. The molecule has 1 fully saturated rings. The Morgan fingerprint density at radius 2 is 1.94 bits per heavy atom. The van der Waals surface area contributed by atoms with E-state index in [4.69, 9.17) is 5.11 Å². The molecular formula is C12H26N2O3S. The molecule has 108 valence electrons. The number of hydrogen-bond acceptors (Lipinski definition) is 4. The highest BCUT2D eigenvalue weighted by atomic mass is 32.2. The fourth-order valence-corrected chi connectivity index (χ4v) is 3.68. The van der Waals surface area contributed by atoms with Crippen molar-refractivity contribution in [1.82, 2.24) is 9.62 Å². The number of aliphatic hydroxyl groups excluding tert-OH is 1. The molecule has 0 spiro atoms. The topological polar surface area (TPSA) is 69.6 Å². The molecule has 5 nitrogen and oxygen atoms in total. The second-order valence-electron chi connectivity index (χ2n) is 5.30. The summed E-state index contributed by atoms with van der Waals surface area (Å²) < 4.78 is 25.7. The molecule has 1 rings (SSSR count). The highest BCUT2D eigenvalue weighted by Crippen LogP contribution is 2.19. The van der Waals surface area contributed by atoms with Crippen molar-refractivity contribution in [3.63, 3.8) is 0 Å². The van der Waals surface area contributed by atoms with Crippen molar-refractivity contribution in [2.24, 2.45) is 5.92 Å². The molecule has 0 aromatic carbocycles. The largest absolute Gasteiger partial charge is 0.396 e. The molecule has 0 unspecified atom stereocenters. The Kier molecular flexibility index (Phi) is 6.55. The molecule has 0 bridgehead atoms. The van der Waals surface area contributed by atoms with Crippen molar-refractivity contribution in [1.29, 1.82) is 0 Å². The van der Waals surface area contributed by atoms with Crippen molar-refractivity contribution >= 4 is 10.0 Å². The first kappa shape index (κ1) is 15.9. The van der Waals surface area contributed by atoms with E-state index in [2.05, 4.69) is 5.32 Å².